The largest absolute Gasteiger partial charge is 0.481 e. The first-order valence-corrected chi connectivity index (χ1v) is 6.02. The fourth-order valence-electron chi connectivity index (χ4n) is 1.98. The van der Waals surface area contributed by atoms with Crippen LogP contribution in [0.15, 0.2) is 18.2 Å². The first kappa shape index (κ1) is 14.0. The van der Waals surface area contributed by atoms with Crippen molar-refractivity contribution in [3.63, 3.8) is 0 Å². The molecule has 7 heteroatoms. The van der Waals surface area contributed by atoms with Gasteiger partial charge in [0.2, 0.25) is 0 Å². The summed E-state index contributed by atoms with van der Waals surface area (Å²) < 4.78 is 28.9. The maximum absolute atomic E-state index is 12.3. The number of rotatable bonds is 5. The van der Waals surface area contributed by atoms with E-state index in [1.165, 1.54) is 12.1 Å². The van der Waals surface area contributed by atoms with E-state index in [1.807, 2.05) is 4.90 Å². The molecule has 1 heterocycles. The van der Waals surface area contributed by atoms with Crippen molar-refractivity contribution in [1.29, 1.82) is 0 Å². The molecule has 0 aliphatic carbocycles. The van der Waals surface area contributed by atoms with Gasteiger partial charge in [-0.1, -0.05) is 11.6 Å². The molecule has 0 aromatic heterocycles. The van der Waals surface area contributed by atoms with E-state index in [0.29, 0.717) is 30.2 Å². The zero-order chi connectivity index (χ0) is 14.0. The Kier molecular flexibility index (Phi) is 4.21. The molecule has 0 atom stereocenters. The van der Waals surface area contributed by atoms with E-state index in [4.69, 9.17) is 16.7 Å². The van der Waals surface area contributed by atoms with Crippen LogP contribution in [0.5, 0.6) is 5.75 Å². The highest BCUT2D eigenvalue weighted by atomic mass is 35.5. The first-order chi connectivity index (χ1) is 8.95. The number of alkyl halides is 2. The van der Waals surface area contributed by atoms with Gasteiger partial charge in [-0.05, 0) is 18.2 Å². The fourth-order valence-corrected chi connectivity index (χ4v) is 2.17. The molecule has 1 aromatic rings. The predicted molar refractivity (Wildman–Crippen MR) is 64.5 cm³/mol. The Labute approximate surface area is 113 Å². The maximum atomic E-state index is 12.3. The lowest BCUT2D eigenvalue weighted by atomic mass is 9.99. The van der Waals surface area contributed by atoms with Crippen molar-refractivity contribution in [3.05, 3.63) is 28.8 Å². The molecule has 0 bridgehead atoms. The summed E-state index contributed by atoms with van der Waals surface area (Å²) in [5.74, 6) is -1.16. The minimum atomic E-state index is -2.90. The van der Waals surface area contributed by atoms with E-state index in [9.17, 15) is 13.6 Å². The van der Waals surface area contributed by atoms with Gasteiger partial charge in [0.05, 0.1) is 5.92 Å². The van der Waals surface area contributed by atoms with Crippen LogP contribution in [0.2, 0.25) is 5.02 Å². The second kappa shape index (κ2) is 5.71. The first-order valence-electron chi connectivity index (χ1n) is 5.64. The second-order valence-corrected chi connectivity index (χ2v) is 4.80. The number of hydrogen-bond acceptors (Lipinski definition) is 3. The van der Waals surface area contributed by atoms with Crippen LogP contribution in [0.3, 0.4) is 0 Å². The number of nitrogens with zero attached hydrogens (tertiary/aromatic N) is 1. The lowest BCUT2D eigenvalue weighted by Crippen LogP contribution is -2.49. The molecule has 0 spiro atoms. The van der Waals surface area contributed by atoms with E-state index < -0.39 is 18.5 Å². The van der Waals surface area contributed by atoms with Crippen LogP contribution in [-0.2, 0) is 11.3 Å². The molecule has 1 aliphatic heterocycles. The van der Waals surface area contributed by atoms with Gasteiger partial charge in [0.25, 0.3) is 0 Å². The molecular weight excluding hydrogens is 280 g/mol. The Balaban J connectivity index is 2.03. The highest BCUT2D eigenvalue weighted by molar-refractivity contribution is 6.30. The van der Waals surface area contributed by atoms with Gasteiger partial charge in [-0.2, -0.15) is 8.78 Å². The Bertz CT molecular complexity index is 478. The average Bonchev–Trinajstić information content (AvgIpc) is 2.25. The second-order valence-electron chi connectivity index (χ2n) is 4.36. The standard InChI is InChI=1S/C12H12ClF2NO3/c13-9-1-2-10(19-12(14)15)7(3-9)4-16-5-8(6-16)11(17)18/h1-3,8,12H,4-6H2,(H,17,18). The van der Waals surface area contributed by atoms with Crippen molar-refractivity contribution < 1.29 is 23.4 Å². The Hall–Kier alpha value is -1.40. The summed E-state index contributed by atoms with van der Waals surface area (Å²) in [6.07, 6.45) is 0. The van der Waals surface area contributed by atoms with Gasteiger partial charge < -0.3 is 9.84 Å². The van der Waals surface area contributed by atoms with E-state index in [-0.39, 0.29) is 5.75 Å². The smallest absolute Gasteiger partial charge is 0.387 e. The van der Waals surface area contributed by atoms with Gasteiger partial charge in [-0.3, -0.25) is 9.69 Å². The van der Waals surface area contributed by atoms with Crippen LogP contribution in [0.1, 0.15) is 5.56 Å². The Morgan fingerprint density at radius 2 is 2.21 bits per heavy atom. The van der Waals surface area contributed by atoms with E-state index in [0.717, 1.165) is 0 Å². The van der Waals surface area contributed by atoms with E-state index in [2.05, 4.69) is 4.74 Å². The fraction of sp³-hybridized carbons (Fsp3) is 0.417. The third kappa shape index (κ3) is 3.54. The number of halogens is 3. The number of hydrogen-bond donors (Lipinski definition) is 1. The number of carboxylic acids is 1. The number of benzene rings is 1. The number of carbonyl (C=O) groups is 1. The van der Waals surface area contributed by atoms with Crippen LogP contribution in [0.25, 0.3) is 0 Å². The molecule has 1 aromatic carbocycles. The molecule has 1 N–H and O–H groups in total. The normalized spacial score (nSPS) is 16.4. The van der Waals surface area contributed by atoms with Gasteiger partial charge in [-0.15, -0.1) is 0 Å². The van der Waals surface area contributed by atoms with Gasteiger partial charge >= 0.3 is 12.6 Å². The zero-order valence-corrected chi connectivity index (χ0v) is 10.6. The summed E-state index contributed by atoms with van der Waals surface area (Å²) in [6.45, 7) is -1.76. The molecule has 0 saturated carbocycles. The van der Waals surface area contributed by atoms with Gasteiger partial charge in [0, 0.05) is 30.2 Å². The topological polar surface area (TPSA) is 49.8 Å². The van der Waals surface area contributed by atoms with Gasteiger partial charge in [0.1, 0.15) is 5.75 Å². The molecule has 19 heavy (non-hydrogen) atoms. The van der Waals surface area contributed by atoms with Crippen molar-refractivity contribution in [3.8, 4) is 5.75 Å². The number of carboxylic acid groups (broad SMARTS) is 1. The Morgan fingerprint density at radius 1 is 1.53 bits per heavy atom. The van der Waals surface area contributed by atoms with Crippen molar-refractivity contribution in [2.75, 3.05) is 13.1 Å². The monoisotopic (exact) mass is 291 g/mol. The van der Waals surface area contributed by atoms with Gasteiger partial charge in [-0.25, -0.2) is 0 Å². The molecule has 2 rings (SSSR count). The average molecular weight is 292 g/mol. The third-order valence-corrected chi connectivity index (χ3v) is 3.17. The van der Waals surface area contributed by atoms with Crippen molar-refractivity contribution in [2.45, 2.75) is 13.2 Å². The lowest BCUT2D eigenvalue weighted by Gasteiger charge is -2.36. The minimum absolute atomic E-state index is 0.0678. The summed E-state index contributed by atoms with van der Waals surface area (Å²) in [5.41, 5.74) is 0.525. The lowest BCUT2D eigenvalue weighted by molar-refractivity contribution is -0.147. The van der Waals surface area contributed by atoms with Crippen LogP contribution in [-0.4, -0.2) is 35.7 Å². The Morgan fingerprint density at radius 3 is 2.79 bits per heavy atom. The van der Waals surface area contributed by atoms with Crippen LogP contribution in [0, 0.1) is 5.92 Å². The molecule has 0 amide bonds. The third-order valence-electron chi connectivity index (χ3n) is 2.94. The molecule has 4 nitrogen and oxygen atoms in total. The highest BCUT2D eigenvalue weighted by Crippen LogP contribution is 2.28. The summed E-state index contributed by atoms with van der Waals surface area (Å²) in [4.78, 5) is 12.5. The summed E-state index contributed by atoms with van der Waals surface area (Å²) >= 11 is 5.82. The van der Waals surface area contributed by atoms with Crippen LogP contribution in [0.4, 0.5) is 8.78 Å². The molecule has 1 saturated heterocycles. The molecule has 0 unspecified atom stereocenters. The quantitative estimate of drug-likeness (QED) is 0.905. The summed E-state index contributed by atoms with van der Waals surface area (Å²) in [7, 11) is 0. The van der Waals surface area contributed by atoms with Crippen molar-refractivity contribution in [2.24, 2.45) is 5.92 Å². The van der Waals surface area contributed by atoms with Crippen LogP contribution >= 0.6 is 11.6 Å². The molecule has 1 fully saturated rings. The van der Waals surface area contributed by atoms with E-state index >= 15 is 0 Å². The SMILES string of the molecule is O=C(O)C1CN(Cc2cc(Cl)ccc2OC(F)F)C1. The molecule has 1 aliphatic rings. The van der Waals surface area contributed by atoms with Crippen molar-refractivity contribution >= 4 is 17.6 Å². The van der Waals surface area contributed by atoms with Crippen LogP contribution < -0.4 is 4.74 Å². The minimum Gasteiger partial charge on any atom is -0.481 e. The van der Waals surface area contributed by atoms with E-state index in [1.54, 1.807) is 6.07 Å². The highest BCUT2D eigenvalue weighted by Gasteiger charge is 2.32. The number of aliphatic carboxylic acids is 1. The molecule has 0 radical (unpaired) electrons. The summed E-state index contributed by atoms with van der Waals surface area (Å²) in [5, 5.41) is 9.19. The summed E-state index contributed by atoms with van der Waals surface area (Å²) in [6, 6.07) is 4.41. The zero-order valence-electron chi connectivity index (χ0n) is 9.85. The predicted octanol–water partition coefficient (Wildman–Crippen LogP) is 2.46. The maximum Gasteiger partial charge on any atom is 0.387 e. The van der Waals surface area contributed by atoms with Crippen molar-refractivity contribution in [1.82, 2.24) is 4.90 Å². The molecular formula is C12H12ClF2NO3. The number of ether oxygens (including phenoxy) is 1. The van der Waals surface area contributed by atoms with Gasteiger partial charge in [0.15, 0.2) is 0 Å². The number of likely N-dealkylation sites (tertiary alicyclic amines) is 1. The molecule has 104 valence electrons.